The van der Waals surface area contributed by atoms with Crippen LogP contribution in [0.15, 0.2) is 23.1 Å². The van der Waals surface area contributed by atoms with E-state index < -0.39 is 26.8 Å². The number of aliphatic hydroxyl groups excluding tert-OH is 1. The summed E-state index contributed by atoms with van der Waals surface area (Å²) >= 11 is 0. The molecule has 0 saturated heterocycles. The first-order valence-corrected chi connectivity index (χ1v) is 6.03. The van der Waals surface area contributed by atoms with Gasteiger partial charge in [0.1, 0.15) is 10.7 Å². The smallest absolute Gasteiger partial charge is 0.243 e. The predicted octanol–water partition coefficient (Wildman–Crippen LogP) is 0.0670. The lowest BCUT2D eigenvalue weighted by Crippen LogP contribution is -2.35. The van der Waals surface area contributed by atoms with Crippen molar-refractivity contribution in [3.63, 3.8) is 0 Å². The zero-order chi connectivity index (χ0) is 12.3. The van der Waals surface area contributed by atoms with Gasteiger partial charge >= 0.3 is 0 Å². The highest BCUT2D eigenvalue weighted by Gasteiger charge is 2.20. The molecule has 0 saturated carbocycles. The first-order valence-electron chi connectivity index (χ1n) is 4.55. The minimum Gasteiger partial charge on any atom is -0.399 e. The molecule has 1 atom stereocenters. The lowest BCUT2D eigenvalue weighted by molar-refractivity contribution is 0.265. The number of aliphatic hydroxyl groups is 1. The quantitative estimate of drug-likeness (QED) is 0.657. The largest absolute Gasteiger partial charge is 0.399 e. The van der Waals surface area contributed by atoms with E-state index >= 15 is 0 Å². The van der Waals surface area contributed by atoms with Gasteiger partial charge in [-0.3, -0.25) is 0 Å². The Bertz CT molecular complexity index is 476. The molecule has 0 aliphatic rings. The number of rotatable bonds is 4. The Kier molecular flexibility index (Phi) is 3.84. The summed E-state index contributed by atoms with van der Waals surface area (Å²) < 4.78 is 38.7. The van der Waals surface area contributed by atoms with Crippen LogP contribution in [0, 0.1) is 5.82 Å². The van der Waals surface area contributed by atoms with Gasteiger partial charge in [-0.2, -0.15) is 0 Å². The molecule has 0 aliphatic carbocycles. The number of anilines is 1. The fourth-order valence-corrected chi connectivity index (χ4v) is 2.39. The molecule has 0 aromatic heterocycles. The van der Waals surface area contributed by atoms with Crippen molar-refractivity contribution in [2.24, 2.45) is 0 Å². The van der Waals surface area contributed by atoms with Crippen molar-refractivity contribution < 1.29 is 17.9 Å². The third-order valence-corrected chi connectivity index (χ3v) is 3.50. The van der Waals surface area contributed by atoms with Crippen molar-refractivity contribution in [1.82, 2.24) is 4.72 Å². The van der Waals surface area contributed by atoms with Crippen molar-refractivity contribution in [3.8, 4) is 0 Å². The lowest BCUT2D eigenvalue weighted by atomic mass is 10.3. The monoisotopic (exact) mass is 248 g/mol. The fourth-order valence-electron chi connectivity index (χ4n) is 1.10. The fraction of sp³-hybridized carbons (Fsp3) is 0.333. The summed E-state index contributed by atoms with van der Waals surface area (Å²) in [6.07, 6.45) is 0. The van der Waals surface area contributed by atoms with Crippen LogP contribution in [-0.2, 0) is 10.0 Å². The van der Waals surface area contributed by atoms with Crippen LogP contribution in [0.2, 0.25) is 0 Å². The van der Waals surface area contributed by atoms with Crippen LogP contribution in [0.1, 0.15) is 6.92 Å². The number of hydrogen-bond acceptors (Lipinski definition) is 4. The van der Waals surface area contributed by atoms with E-state index in [2.05, 4.69) is 4.72 Å². The second kappa shape index (κ2) is 4.77. The molecule has 0 radical (unpaired) electrons. The minimum atomic E-state index is -3.96. The molecule has 90 valence electrons. The average molecular weight is 248 g/mol. The molecule has 5 nitrogen and oxygen atoms in total. The van der Waals surface area contributed by atoms with Crippen molar-refractivity contribution in [1.29, 1.82) is 0 Å². The molecule has 7 heteroatoms. The predicted molar refractivity (Wildman–Crippen MR) is 57.7 cm³/mol. The standard InChI is InChI=1S/C9H13FN2O3S/c1-6(5-13)12-16(14,15)9-3-2-7(11)4-8(9)10/h2-4,6,12-13H,5,11H2,1H3/t6-/m0/s1. The molecule has 1 aromatic rings. The first-order chi connectivity index (χ1) is 7.36. The molecule has 1 rings (SSSR count). The molecule has 4 N–H and O–H groups in total. The molecule has 1 aromatic carbocycles. The normalized spacial score (nSPS) is 13.7. The van der Waals surface area contributed by atoms with Gasteiger partial charge in [-0.15, -0.1) is 0 Å². The summed E-state index contributed by atoms with van der Waals surface area (Å²) in [5, 5.41) is 8.72. The van der Waals surface area contributed by atoms with E-state index in [4.69, 9.17) is 10.8 Å². The highest BCUT2D eigenvalue weighted by molar-refractivity contribution is 7.89. The van der Waals surface area contributed by atoms with Crippen molar-refractivity contribution in [2.75, 3.05) is 12.3 Å². The Hall–Kier alpha value is -1.18. The average Bonchev–Trinajstić information content (AvgIpc) is 2.16. The second-order valence-corrected chi connectivity index (χ2v) is 5.08. The highest BCUT2D eigenvalue weighted by Crippen LogP contribution is 2.17. The number of nitrogens with two attached hydrogens (primary N) is 1. The Balaban J connectivity index is 3.08. The lowest BCUT2D eigenvalue weighted by Gasteiger charge is -2.12. The van der Waals surface area contributed by atoms with Crippen LogP contribution in [0.5, 0.6) is 0 Å². The Morgan fingerprint density at radius 1 is 1.56 bits per heavy atom. The number of sulfonamides is 1. The van der Waals surface area contributed by atoms with Crippen LogP contribution < -0.4 is 10.5 Å². The second-order valence-electron chi connectivity index (χ2n) is 3.39. The van der Waals surface area contributed by atoms with Gasteiger partial charge in [0.15, 0.2) is 0 Å². The topological polar surface area (TPSA) is 92.4 Å². The zero-order valence-electron chi connectivity index (χ0n) is 8.64. The summed E-state index contributed by atoms with van der Waals surface area (Å²) in [6, 6.07) is 2.62. The van der Waals surface area contributed by atoms with Crippen LogP contribution in [-0.4, -0.2) is 26.2 Å². The number of nitrogen functional groups attached to an aromatic ring is 1. The van der Waals surface area contributed by atoms with Gasteiger partial charge in [0.2, 0.25) is 10.0 Å². The van der Waals surface area contributed by atoms with Gasteiger partial charge in [0.25, 0.3) is 0 Å². The maximum atomic E-state index is 13.3. The summed E-state index contributed by atoms with van der Waals surface area (Å²) in [7, 11) is -3.96. The van der Waals surface area contributed by atoms with Gasteiger partial charge in [-0.05, 0) is 25.1 Å². The number of nitrogens with one attached hydrogen (secondary N) is 1. The third-order valence-electron chi connectivity index (χ3n) is 1.88. The minimum absolute atomic E-state index is 0.145. The third kappa shape index (κ3) is 2.91. The van der Waals surface area contributed by atoms with E-state index in [0.29, 0.717) is 0 Å². The van der Waals surface area contributed by atoms with E-state index in [0.717, 1.165) is 12.1 Å². The molecular formula is C9H13FN2O3S. The highest BCUT2D eigenvalue weighted by atomic mass is 32.2. The molecule has 0 unspecified atom stereocenters. The van der Waals surface area contributed by atoms with Crippen LogP contribution in [0.4, 0.5) is 10.1 Å². The molecule has 0 heterocycles. The SMILES string of the molecule is C[C@@H](CO)NS(=O)(=O)c1ccc(N)cc1F. The van der Waals surface area contributed by atoms with Crippen LogP contribution in [0.3, 0.4) is 0 Å². The molecule has 0 amide bonds. The number of halogens is 1. The van der Waals surface area contributed by atoms with Crippen molar-refractivity contribution >= 4 is 15.7 Å². The maximum Gasteiger partial charge on any atom is 0.243 e. The van der Waals surface area contributed by atoms with Crippen LogP contribution >= 0.6 is 0 Å². The van der Waals surface area contributed by atoms with Gasteiger partial charge in [0.05, 0.1) is 6.61 Å². The molecule has 0 fully saturated rings. The van der Waals surface area contributed by atoms with Gasteiger partial charge in [-0.1, -0.05) is 0 Å². The van der Waals surface area contributed by atoms with E-state index in [-0.39, 0.29) is 12.3 Å². The summed E-state index contributed by atoms with van der Waals surface area (Å²) in [6.45, 7) is 1.10. The molecular weight excluding hydrogens is 235 g/mol. The summed E-state index contributed by atoms with van der Waals surface area (Å²) in [5.41, 5.74) is 5.45. The molecule has 0 bridgehead atoms. The zero-order valence-corrected chi connectivity index (χ0v) is 9.46. The molecule has 16 heavy (non-hydrogen) atoms. The van der Waals surface area contributed by atoms with E-state index in [1.165, 1.54) is 13.0 Å². The van der Waals surface area contributed by atoms with E-state index in [1.807, 2.05) is 0 Å². The molecule has 0 aliphatic heterocycles. The Morgan fingerprint density at radius 3 is 2.69 bits per heavy atom. The van der Waals surface area contributed by atoms with Crippen molar-refractivity contribution in [3.05, 3.63) is 24.0 Å². The first kappa shape index (κ1) is 12.9. The maximum absolute atomic E-state index is 13.3. The summed E-state index contributed by atoms with van der Waals surface area (Å²) in [5.74, 6) is -0.919. The van der Waals surface area contributed by atoms with E-state index in [1.54, 1.807) is 0 Å². The van der Waals surface area contributed by atoms with Gasteiger partial charge in [-0.25, -0.2) is 17.5 Å². The number of hydrogen-bond donors (Lipinski definition) is 3. The number of benzene rings is 1. The molecule has 0 spiro atoms. The van der Waals surface area contributed by atoms with Crippen LogP contribution in [0.25, 0.3) is 0 Å². The van der Waals surface area contributed by atoms with Gasteiger partial charge in [0, 0.05) is 11.7 Å². The Morgan fingerprint density at radius 2 is 2.19 bits per heavy atom. The van der Waals surface area contributed by atoms with Crippen molar-refractivity contribution in [2.45, 2.75) is 17.9 Å². The van der Waals surface area contributed by atoms with E-state index in [9.17, 15) is 12.8 Å². The Labute approximate surface area is 93.1 Å². The summed E-state index contributed by atoms with van der Waals surface area (Å²) in [4.78, 5) is -0.484. The van der Waals surface area contributed by atoms with Gasteiger partial charge < -0.3 is 10.8 Å².